The van der Waals surface area contributed by atoms with E-state index in [1.54, 1.807) is 0 Å². The van der Waals surface area contributed by atoms with Gasteiger partial charge in [-0.25, -0.2) is 0 Å². The zero-order chi connectivity index (χ0) is 27.9. The van der Waals surface area contributed by atoms with Crippen molar-refractivity contribution in [2.45, 2.75) is 0 Å². The van der Waals surface area contributed by atoms with Crippen LogP contribution in [0.15, 0.2) is 146 Å². The normalized spacial score (nSPS) is 11.1. The van der Waals surface area contributed by atoms with Gasteiger partial charge in [-0.2, -0.15) is 58.7 Å². The second-order valence-corrected chi connectivity index (χ2v) is 9.95. The molecule has 0 spiro atoms. The summed E-state index contributed by atoms with van der Waals surface area (Å²) >= 11 is 0. The van der Waals surface area contributed by atoms with E-state index in [9.17, 15) is 0 Å². The molecule has 0 aliphatic carbocycles. The predicted molar refractivity (Wildman–Crippen MR) is 167 cm³/mol. The molecular weight excluding hydrogens is 712 g/mol. The van der Waals surface area contributed by atoms with Crippen molar-refractivity contribution in [1.82, 2.24) is 24.1 Å². The molecule has 0 aliphatic heterocycles. The average molecular weight is 736 g/mol. The second-order valence-electron chi connectivity index (χ2n) is 9.95. The molecule has 0 saturated heterocycles. The summed E-state index contributed by atoms with van der Waals surface area (Å²) in [5.74, 6) is 1.50. The summed E-state index contributed by atoms with van der Waals surface area (Å²) in [5, 5.41) is 12.3. The molecule has 0 bridgehead atoms. The Morgan fingerprint density at radius 3 is 1.49 bits per heavy atom. The molecule has 0 radical (unpaired) electrons. The number of hydrogen-bond acceptors (Lipinski definition) is 3. The van der Waals surface area contributed by atoms with Crippen molar-refractivity contribution in [2.75, 3.05) is 4.90 Å². The smallest absolute Gasteiger partial charge is 0.309 e. The molecule has 43 heavy (non-hydrogen) atoms. The topological polar surface area (TPSA) is 43.8 Å². The number of nitrogens with zero attached hydrogens (tertiary/aromatic N) is 6. The Morgan fingerprint density at radius 2 is 1.00 bits per heavy atom. The van der Waals surface area contributed by atoms with E-state index >= 15 is 0 Å². The maximum atomic E-state index is 4.92. The van der Waals surface area contributed by atoms with Gasteiger partial charge in [-0.1, -0.05) is 36.4 Å². The van der Waals surface area contributed by atoms with Crippen LogP contribution in [-0.2, 0) is 21.1 Å². The minimum Gasteiger partial charge on any atom is -0.309 e. The monoisotopic (exact) mass is 735 g/mol. The molecule has 0 atom stereocenters. The molecule has 3 heterocycles. The van der Waals surface area contributed by atoms with Gasteiger partial charge in [0.2, 0.25) is 0 Å². The van der Waals surface area contributed by atoms with E-state index in [1.165, 1.54) is 21.8 Å². The minimum atomic E-state index is 0. The molecule has 0 N–H and O–H groups in total. The molecule has 3 aromatic heterocycles. The Labute approximate surface area is 263 Å². The van der Waals surface area contributed by atoms with Crippen LogP contribution < -0.4 is 4.90 Å². The summed E-state index contributed by atoms with van der Waals surface area (Å²) < 4.78 is 5.98. The SMILES string of the molecule is [Pt+2].[c-]1ccccc1-n1ccc(N(c2ccc(-n3c4ccccc4c4ccccc43)cc2)c2ccn(-c3[c-]cccc3)n2)n1. The summed E-state index contributed by atoms with van der Waals surface area (Å²) in [6.07, 6.45) is 3.89. The van der Waals surface area contributed by atoms with Gasteiger partial charge in [0.15, 0.2) is 11.6 Å². The van der Waals surface area contributed by atoms with Crippen LogP contribution in [0.25, 0.3) is 38.9 Å². The molecule has 6 nitrogen and oxygen atoms in total. The third-order valence-corrected chi connectivity index (χ3v) is 7.43. The van der Waals surface area contributed by atoms with Crippen LogP contribution in [0.2, 0.25) is 0 Å². The van der Waals surface area contributed by atoms with Gasteiger partial charge in [0, 0.05) is 46.7 Å². The van der Waals surface area contributed by atoms with Crippen molar-refractivity contribution in [3.8, 4) is 17.1 Å². The van der Waals surface area contributed by atoms with Crippen molar-refractivity contribution in [1.29, 1.82) is 0 Å². The third-order valence-electron chi connectivity index (χ3n) is 7.43. The van der Waals surface area contributed by atoms with Gasteiger partial charge in [-0.05, 0) is 47.8 Å². The van der Waals surface area contributed by atoms with Crippen molar-refractivity contribution in [3.63, 3.8) is 0 Å². The van der Waals surface area contributed by atoms with Gasteiger partial charge in [0.25, 0.3) is 0 Å². The Kier molecular flexibility index (Phi) is 6.98. The average Bonchev–Trinajstić information content (AvgIpc) is 3.81. The van der Waals surface area contributed by atoms with Crippen LogP contribution in [0.1, 0.15) is 0 Å². The maximum absolute atomic E-state index is 4.92. The quantitative estimate of drug-likeness (QED) is 0.162. The molecular formula is C36H24N6Pt. The van der Waals surface area contributed by atoms with Gasteiger partial charge in [-0.15, -0.1) is 12.1 Å². The summed E-state index contributed by atoms with van der Waals surface area (Å²) in [5.41, 5.74) is 6.14. The molecule has 0 amide bonds. The zero-order valence-electron chi connectivity index (χ0n) is 22.9. The van der Waals surface area contributed by atoms with Crippen molar-refractivity contribution >= 4 is 39.1 Å². The summed E-state index contributed by atoms with van der Waals surface area (Å²) in [7, 11) is 0. The molecule has 0 saturated carbocycles. The molecule has 0 fully saturated rings. The van der Waals surface area contributed by atoms with E-state index in [2.05, 4.69) is 94.4 Å². The van der Waals surface area contributed by atoms with Gasteiger partial charge in [-0.3, -0.25) is 14.3 Å². The van der Waals surface area contributed by atoms with E-state index < -0.39 is 0 Å². The standard InChI is InChI=1S/C36H24N6.Pt/c1-3-11-27(12-4-1)39-25-23-35(37-39)42(36-24-26-40(38-36)28-13-5-2-6-14-28)30-21-19-29(20-22-30)41-33-17-9-7-15-31(33)32-16-8-10-18-34(32)41;/h1-11,13,15-26H;/q-2;+2. The fourth-order valence-electron chi connectivity index (χ4n) is 5.52. The first-order valence-electron chi connectivity index (χ1n) is 13.8. The van der Waals surface area contributed by atoms with Crippen LogP contribution in [0.3, 0.4) is 0 Å². The Bertz CT molecular complexity index is 2010. The molecule has 0 unspecified atom stereocenters. The first-order chi connectivity index (χ1) is 20.8. The first kappa shape index (κ1) is 26.7. The fourth-order valence-corrected chi connectivity index (χ4v) is 5.52. The number of anilines is 3. The van der Waals surface area contributed by atoms with Crippen molar-refractivity contribution < 1.29 is 21.1 Å². The number of rotatable bonds is 6. The van der Waals surface area contributed by atoms with Crippen molar-refractivity contribution in [2.24, 2.45) is 0 Å². The van der Waals surface area contributed by atoms with Crippen LogP contribution in [0, 0.1) is 12.1 Å². The zero-order valence-corrected chi connectivity index (χ0v) is 25.1. The largest absolute Gasteiger partial charge is 2.00 e. The van der Waals surface area contributed by atoms with Gasteiger partial charge >= 0.3 is 21.1 Å². The van der Waals surface area contributed by atoms with E-state index in [1.807, 2.05) is 82.4 Å². The maximum Gasteiger partial charge on any atom is 2.00 e. The van der Waals surface area contributed by atoms with Gasteiger partial charge in [0.05, 0.1) is 11.0 Å². The van der Waals surface area contributed by atoms with Crippen LogP contribution in [-0.4, -0.2) is 24.1 Å². The Balaban J connectivity index is 0.00000300. The summed E-state index contributed by atoms with van der Waals surface area (Å²) in [4.78, 5) is 2.06. The fraction of sp³-hybridized carbons (Fsp3) is 0. The predicted octanol–water partition coefficient (Wildman–Crippen LogP) is 8.22. The van der Waals surface area contributed by atoms with Crippen molar-refractivity contribution in [3.05, 3.63) is 158 Å². The molecule has 0 aliphatic rings. The number of para-hydroxylation sites is 4. The number of benzene rings is 5. The number of hydrogen-bond donors (Lipinski definition) is 0. The van der Waals surface area contributed by atoms with Crippen LogP contribution in [0.5, 0.6) is 0 Å². The second kappa shape index (κ2) is 11.2. The van der Waals surface area contributed by atoms with Gasteiger partial charge < -0.3 is 4.57 Å². The van der Waals surface area contributed by atoms with Crippen LogP contribution in [0.4, 0.5) is 17.3 Å². The number of aromatic nitrogens is 5. The summed E-state index contributed by atoms with van der Waals surface area (Å²) in [6.45, 7) is 0. The molecule has 5 aromatic carbocycles. The molecule has 208 valence electrons. The Morgan fingerprint density at radius 1 is 0.512 bits per heavy atom. The molecule has 7 heteroatoms. The van der Waals surface area contributed by atoms with E-state index in [4.69, 9.17) is 10.2 Å². The van der Waals surface area contributed by atoms with E-state index in [0.29, 0.717) is 0 Å². The summed E-state index contributed by atoms with van der Waals surface area (Å²) in [6, 6.07) is 51.8. The molecule has 8 rings (SSSR count). The third kappa shape index (κ3) is 4.76. The van der Waals surface area contributed by atoms with E-state index in [-0.39, 0.29) is 21.1 Å². The van der Waals surface area contributed by atoms with E-state index in [0.717, 1.165) is 34.4 Å². The minimum absolute atomic E-state index is 0. The molecule has 8 aromatic rings. The Hall–Kier alpha value is -5.19. The van der Waals surface area contributed by atoms with Crippen LogP contribution >= 0.6 is 0 Å². The van der Waals surface area contributed by atoms with Gasteiger partial charge in [0.1, 0.15) is 0 Å². The number of fused-ring (bicyclic) bond motifs is 3. The first-order valence-corrected chi connectivity index (χ1v) is 13.8.